The average molecular weight is 342 g/mol. The number of hydrogen-bond donors (Lipinski definition) is 1. The van der Waals surface area contributed by atoms with Crippen LogP contribution in [0.4, 0.5) is 17.3 Å². The molecule has 1 aromatic carbocycles. The molecule has 6 nitrogen and oxygen atoms in total. The van der Waals surface area contributed by atoms with Crippen LogP contribution in [0, 0.1) is 12.8 Å². The van der Waals surface area contributed by atoms with Gasteiger partial charge in [0.05, 0.1) is 14.2 Å². The van der Waals surface area contributed by atoms with E-state index in [4.69, 9.17) is 9.47 Å². The fourth-order valence-electron chi connectivity index (χ4n) is 3.08. The number of rotatable bonds is 5. The number of benzene rings is 1. The van der Waals surface area contributed by atoms with Gasteiger partial charge >= 0.3 is 0 Å². The number of hydrogen-bond acceptors (Lipinski definition) is 6. The summed E-state index contributed by atoms with van der Waals surface area (Å²) in [6, 6.07) is 7.74. The molecule has 0 radical (unpaired) electrons. The summed E-state index contributed by atoms with van der Waals surface area (Å²) in [5.41, 5.74) is 0.897. The molecule has 0 atom stereocenters. The number of nitrogens with zero attached hydrogens (tertiary/aromatic N) is 3. The SMILES string of the molecule is COc1ccc(Nc2cc(N3CCC(C)CC3)nc(C)n2)cc1OC. The van der Waals surface area contributed by atoms with E-state index >= 15 is 0 Å². The quantitative estimate of drug-likeness (QED) is 0.892. The molecule has 1 aliphatic rings. The van der Waals surface area contributed by atoms with E-state index in [2.05, 4.69) is 27.1 Å². The number of aryl methyl sites for hydroxylation is 1. The second-order valence-electron chi connectivity index (χ2n) is 6.52. The van der Waals surface area contributed by atoms with E-state index in [0.29, 0.717) is 11.5 Å². The Labute approximate surface area is 149 Å². The minimum absolute atomic E-state index is 0.684. The molecule has 1 aliphatic heterocycles. The molecule has 0 saturated carbocycles. The summed E-state index contributed by atoms with van der Waals surface area (Å²) in [5, 5.41) is 3.35. The third-order valence-electron chi connectivity index (χ3n) is 4.59. The maximum Gasteiger partial charge on any atom is 0.162 e. The highest BCUT2D eigenvalue weighted by Crippen LogP contribution is 2.31. The fourth-order valence-corrected chi connectivity index (χ4v) is 3.08. The van der Waals surface area contributed by atoms with Crippen molar-refractivity contribution in [3.05, 3.63) is 30.1 Å². The maximum absolute atomic E-state index is 5.36. The molecule has 1 fully saturated rings. The van der Waals surface area contributed by atoms with Crippen molar-refractivity contribution >= 4 is 17.3 Å². The Morgan fingerprint density at radius 3 is 2.44 bits per heavy atom. The van der Waals surface area contributed by atoms with Gasteiger partial charge in [-0.3, -0.25) is 0 Å². The highest BCUT2D eigenvalue weighted by atomic mass is 16.5. The molecule has 0 spiro atoms. The molecule has 2 heterocycles. The monoisotopic (exact) mass is 342 g/mol. The molecule has 0 amide bonds. The van der Waals surface area contributed by atoms with E-state index in [1.807, 2.05) is 31.2 Å². The minimum Gasteiger partial charge on any atom is -0.493 e. The summed E-state index contributed by atoms with van der Waals surface area (Å²) in [7, 11) is 3.26. The molecular formula is C19H26N4O2. The summed E-state index contributed by atoms with van der Waals surface area (Å²) in [6.07, 6.45) is 2.42. The molecule has 0 unspecified atom stereocenters. The Kier molecular flexibility index (Phi) is 5.26. The molecule has 25 heavy (non-hydrogen) atoms. The van der Waals surface area contributed by atoms with Gasteiger partial charge in [0, 0.05) is 30.9 Å². The molecule has 1 saturated heterocycles. The number of anilines is 3. The predicted molar refractivity (Wildman–Crippen MR) is 100 cm³/mol. The Morgan fingerprint density at radius 2 is 1.76 bits per heavy atom. The van der Waals surface area contributed by atoms with Gasteiger partial charge in [-0.2, -0.15) is 0 Å². The van der Waals surface area contributed by atoms with E-state index < -0.39 is 0 Å². The highest BCUT2D eigenvalue weighted by Gasteiger charge is 2.18. The van der Waals surface area contributed by atoms with E-state index in [0.717, 1.165) is 42.2 Å². The third kappa shape index (κ3) is 4.13. The van der Waals surface area contributed by atoms with Crippen LogP contribution >= 0.6 is 0 Å². The van der Waals surface area contributed by atoms with Gasteiger partial charge in [-0.25, -0.2) is 9.97 Å². The summed E-state index contributed by atoms with van der Waals surface area (Å²) in [5.74, 6) is 4.72. The van der Waals surface area contributed by atoms with Crippen LogP contribution in [0.5, 0.6) is 11.5 Å². The van der Waals surface area contributed by atoms with E-state index in [1.165, 1.54) is 12.8 Å². The van der Waals surface area contributed by atoms with E-state index in [-0.39, 0.29) is 0 Å². The lowest BCUT2D eigenvalue weighted by Crippen LogP contribution is -2.33. The van der Waals surface area contributed by atoms with Crippen LogP contribution in [-0.4, -0.2) is 37.3 Å². The van der Waals surface area contributed by atoms with Crippen molar-refractivity contribution in [3.8, 4) is 11.5 Å². The normalized spacial score (nSPS) is 15.1. The van der Waals surface area contributed by atoms with Gasteiger partial charge in [0.2, 0.25) is 0 Å². The lowest BCUT2D eigenvalue weighted by Gasteiger charge is -2.31. The van der Waals surface area contributed by atoms with Crippen LogP contribution < -0.4 is 19.7 Å². The first kappa shape index (κ1) is 17.3. The molecule has 6 heteroatoms. The van der Waals surface area contributed by atoms with Gasteiger partial charge in [-0.05, 0) is 37.8 Å². The first-order valence-electron chi connectivity index (χ1n) is 8.68. The van der Waals surface area contributed by atoms with Gasteiger partial charge in [-0.15, -0.1) is 0 Å². The smallest absolute Gasteiger partial charge is 0.162 e. The van der Waals surface area contributed by atoms with Crippen LogP contribution in [0.25, 0.3) is 0 Å². The number of ether oxygens (including phenoxy) is 2. The van der Waals surface area contributed by atoms with Crippen molar-refractivity contribution in [2.24, 2.45) is 5.92 Å². The van der Waals surface area contributed by atoms with Gasteiger partial charge in [0.15, 0.2) is 11.5 Å². The Bertz CT molecular complexity index is 727. The molecule has 1 N–H and O–H groups in total. The average Bonchev–Trinajstić information content (AvgIpc) is 2.61. The zero-order chi connectivity index (χ0) is 17.8. The molecular weight excluding hydrogens is 316 g/mol. The number of piperidine rings is 1. The second kappa shape index (κ2) is 7.59. The van der Waals surface area contributed by atoms with Crippen LogP contribution in [0.2, 0.25) is 0 Å². The molecule has 0 bridgehead atoms. The highest BCUT2D eigenvalue weighted by molar-refractivity contribution is 5.63. The molecule has 2 aromatic rings. The lowest BCUT2D eigenvalue weighted by atomic mass is 9.99. The number of methoxy groups -OCH3 is 2. The van der Waals surface area contributed by atoms with Gasteiger partial charge in [0.1, 0.15) is 17.5 Å². The Morgan fingerprint density at radius 1 is 1.04 bits per heavy atom. The summed E-state index contributed by atoms with van der Waals surface area (Å²) in [4.78, 5) is 11.5. The minimum atomic E-state index is 0.684. The van der Waals surface area contributed by atoms with E-state index in [1.54, 1.807) is 14.2 Å². The largest absolute Gasteiger partial charge is 0.493 e. The molecule has 3 rings (SSSR count). The maximum atomic E-state index is 5.36. The lowest BCUT2D eigenvalue weighted by molar-refractivity contribution is 0.355. The van der Waals surface area contributed by atoms with Crippen LogP contribution in [0.3, 0.4) is 0 Å². The van der Waals surface area contributed by atoms with Gasteiger partial charge in [0.25, 0.3) is 0 Å². The van der Waals surface area contributed by atoms with Gasteiger partial charge < -0.3 is 19.7 Å². The number of aromatic nitrogens is 2. The van der Waals surface area contributed by atoms with Crippen molar-refractivity contribution in [1.82, 2.24) is 9.97 Å². The first-order chi connectivity index (χ1) is 12.1. The Balaban J connectivity index is 1.81. The van der Waals surface area contributed by atoms with Crippen molar-refractivity contribution in [3.63, 3.8) is 0 Å². The standard InChI is InChI=1S/C19H26N4O2/c1-13-7-9-23(10-8-13)19-12-18(20-14(2)21-19)22-15-5-6-16(24-3)17(11-15)25-4/h5-6,11-13H,7-10H2,1-4H3,(H,20,21,22). The predicted octanol–water partition coefficient (Wildman–Crippen LogP) is 3.78. The zero-order valence-electron chi connectivity index (χ0n) is 15.4. The second-order valence-corrected chi connectivity index (χ2v) is 6.52. The third-order valence-corrected chi connectivity index (χ3v) is 4.59. The summed E-state index contributed by atoms with van der Waals surface area (Å²) < 4.78 is 10.6. The molecule has 0 aliphatic carbocycles. The first-order valence-corrected chi connectivity index (χ1v) is 8.68. The summed E-state index contributed by atoms with van der Waals surface area (Å²) in [6.45, 7) is 6.34. The summed E-state index contributed by atoms with van der Waals surface area (Å²) >= 11 is 0. The molecule has 134 valence electrons. The van der Waals surface area contributed by atoms with Crippen molar-refractivity contribution in [2.45, 2.75) is 26.7 Å². The van der Waals surface area contributed by atoms with Gasteiger partial charge in [-0.1, -0.05) is 6.92 Å². The van der Waals surface area contributed by atoms with Crippen molar-refractivity contribution < 1.29 is 9.47 Å². The Hall–Kier alpha value is -2.50. The van der Waals surface area contributed by atoms with Crippen LogP contribution in [0.15, 0.2) is 24.3 Å². The fraction of sp³-hybridized carbons (Fsp3) is 0.474. The topological polar surface area (TPSA) is 59.5 Å². The molecule has 1 aromatic heterocycles. The van der Waals surface area contributed by atoms with Crippen molar-refractivity contribution in [1.29, 1.82) is 0 Å². The van der Waals surface area contributed by atoms with Crippen LogP contribution in [-0.2, 0) is 0 Å². The number of nitrogens with one attached hydrogen (secondary N) is 1. The van der Waals surface area contributed by atoms with E-state index in [9.17, 15) is 0 Å². The van der Waals surface area contributed by atoms with Crippen molar-refractivity contribution in [2.75, 3.05) is 37.5 Å². The van der Waals surface area contributed by atoms with Crippen LogP contribution in [0.1, 0.15) is 25.6 Å². The zero-order valence-corrected chi connectivity index (χ0v) is 15.4.